The molecule has 1 heterocycles. The molecule has 6 heteroatoms. The second kappa shape index (κ2) is 3.21. The molecule has 0 fully saturated rings. The highest BCUT2D eigenvalue weighted by Crippen LogP contribution is 2.22. The molecule has 0 bridgehead atoms. The molecule has 0 aliphatic heterocycles. The summed E-state index contributed by atoms with van der Waals surface area (Å²) < 4.78 is 27.2. The highest BCUT2D eigenvalue weighted by molar-refractivity contribution is 7.90. The van der Waals surface area contributed by atoms with Crippen molar-refractivity contribution in [1.29, 1.82) is 0 Å². The van der Waals surface area contributed by atoms with E-state index in [1.54, 1.807) is 0 Å². The van der Waals surface area contributed by atoms with Gasteiger partial charge >= 0.3 is 0 Å². The topological polar surface area (TPSA) is 82.3 Å². The van der Waals surface area contributed by atoms with E-state index < -0.39 is 9.84 Å². The Labute approximate surface area is 76.5 Å². The van der Waals surface area contributed by atoms with Gasteiger partial charge in [-0.2, -0.15) is 0 Å². The molecule has 2 N–H and O–H groups in total. The van der Waals surface area contributed by atoms with E-state index in [-0.39, 0.29) is 10.8 Å². The second-order valence-electron chi connectivity index (χ2n) is 2.55. The summed E-state index contributed by atoms with van der Waals surface area (Å²) in [6.45, 7) is 0. The summed E-state index contributed by atoms with van der Waals surface area (Å²) in [4.78, 5) is 3.75. The Morgan fingerprint density at radius 3 is 2.62 bits per heavy atom. The van der Waals surface area contributed by atoms with Crippen molar-refractivity contribution in [3.8, 4) is 5.88 Å². The molecular weight excluding hydrogens is 192 g/mol. The zero-order chi connectivity index (χ0) is 10.1. The van der Waals surface area contributed by atoms with Crippen molar-refractivity contribution < 1.29 is 13.2 Å². The summed E-state index contributed by atoms with van der Waals surface area (Å²) in [5.41, 5.74) is 5.69. The zero-order valence-electron chi connectivity index (χ0n) is 7.31. The number of nitrogens with two attached hydrogens (primary N) is 1. The summed E-state index contributed by atoms with van der Waals surface area (Å²) in [5.74, 6) is 0.0664. The van der Waals surface area contributed by atoms with Crippen LogP contribution in [0.25, 0.3) is 0 Å². The van der Waals surface area contributed by atoms with E-state index in [2.05, 4.69) is 4.98 Å². The number of sulfone groups is 1. The lowest BCUT2D eigenvalue weighted by atomic mass is 10.4. The molecule has 0 unspecified atom stereocenters. The van der Waals surface area contributed by atoms with Crippen LogP contribution in [0.15, 0.2) is 17.2 Å². The number of ether oxygens (including phenoxy) is 1. The van der Waals surface area contributed by atoms with Crippen molar-refractivity contribution >= 4 is 15.5 Å². The van der Waals surface area contributed by atoms with Gasteiger partial charge in [-0.15, -0.1) is 0 Å². The van der Waals surface area contributed by atoms with Gasteiger partial charge in [0.2, 0.25) is 5.88 Å². The maximum absolute atomic E-state index is 11.2. The lowest BCUT2D eigenvalue weighted by Gasteiger charge is -2.05. The summed E-state index contributed by atoms with van der Waals surface area (Å²) >= 11 is 0. The van der Waals surface area contributed by atoms with Crippen LogP contribution in [-0.2, 0) is 9.84 Å². The summed E-state index contributed by atoms with van der Waals surface area (Å²) in [5, 5.41) is 0. The van der Waals surface area contributed by atoms with Crippen LogP contribution in [0.2, 0.25) is 0 Å². The third kappa shape index (κ3) is 2.09. The van der Waals surface area contributed by atoms with Gasteiger partial charge in [0.25, 0.3) is 0 Å². The fraction of sp³-hybridized carbons (Fsp3) is 0.286. The van der Waals surface area contributed by atoms with Crippen molar-refractivity contribution in [1.82, 2.24) is 4.98 Å². The van der Waals surface area contributed by atoms with Crippen molar-refractivity contribution in [2.45, 2.75) is 4.90 Å². The predicted octanol–water partition coefficient (Wildman–Crippen LogP) is 0.0759. The van der Waals surface area contributed by atoms with E-state index in [9.17, 15) is 8.42 Å². The Morgan fingerprint density at radius 1 is 1.54 bits per heavy atom. The average Bonchev–Trinajstić information content (AvgIpc) is 2.03. The number of nitrogens with zero attached hydrogens (tertiary/aromatic N) is 1. The minimum absolute atomic E-state index is 0.00926. The first-order chi connectivity index (χ1) is 5.95. The Morgan fingerprint density at radius 2 is 2.15 bits per heavy atom. The quantitative estimate of drug-likeness (QED) is 0.734. The molecule has 13 heavy (non-hydrogen) atoms. The minimum atomic E-state index is -3.34. The molecule has 72 valence electrons. The predicted molar refractivity (Wildman–Crippen MR) is 48.3 cm³/mol. The van der Waals surface area contributed by atoms with Gasteiger partial charge in [0.05, 0.1) is 19.0 Å². The Balaban J connectivity index is 3.41. The number of hydrogen-bond donors (Lipinski definition) is 1. The fourth-order valence-electron chi connectivity index (χ4n) is 0.866. The number of aromatic nitrogens is 1. The highest BCUT2D eigenvalue weighted by atomic mass is 32.2. The molecule has 5 nitrogen and oxygen atoms in total. The molecule has 1 aromatic rings. The molecule has 1 aromatic heterocycles. The van der Waals surface area contributed by atoms with Crippen LogP contribution in [0, 0.1) is 0 Å². The normalized spacial score (nSPS) is 11.2. The number of methoxy groups -OCH3 is 1. The Bertz CT molecular complexity index is 414. The number of rotatable bonds is 2. The van der Waals surface area contributed by atoms with Crippen LogP contribution in [0.3, 0.4) is 0 Å². The van der Waals surface area contributed by atoms with Gasteiger partial charge in [-0.05, 0) is 6.07 Å². The van der Waals surface area contributed by atoms with Crippen LogP contribution < -0.4 is 10.5 Å². The summed E-state index contributed by atoms with van der Waals surface area (Å²) in [6, 6.07) is 1.32. The van der Waals surface area contributed by atoms with E-state index in [4.69, 9.17) is 10.5 Å². The molecule has 0 amide bonds. The maximum Gasteiger partial charge on any atom is 0.232 e. The smallest absolute Gasteiger partial charge is 0.232 e. The lowest BCUT2D eigenvalue weighted by Crippen LogP contribution is -2.03. The summed E-state index contributed by atoms with van der Waals surface area (Å²) in [6.07, 6.45) is 2.42. The zero-order valence-corrected chi connectivity index (χ0v) is 8.13. The van der Waals surface area contributed by atoms with Crippen LogP contribution in [-0.4, -0.2) is 26.8 Å². The van der Waals surface area contributed by atoms with Crippen LogP contribution >= 0.6 is 0 Å². The van der Waals surface area contributed by atoms with Gasteiger partial charge in [0, 0.05) is 6.26 Å². The fourth-order valence-corrected chi connectivity index (χ4v) is 1.67. The molecule has 0 atom stereocenters. The van der Waals surface area contributed by atoms with E-state index in [1.165, 1.54) is 19.4 Å². The third-order valence-corrected chi connectivity index (χ3v) is 2.52. The van der Waals surface area contributed by atoms with Crippen LogP contribution in [0.4, 0.5) is 5.69 Å². The lowest BCUT2D eigenvalue weighted by molar-refractivity contribution is 0.385. The molecule has 0 spiro atoms. The second-order valence-corrected chi connectivity index (χ2v) is 4.53. The number of hydrogen-bond acceptors (Lipinski definition) is 5. The van der Waals surface area contributed by atoms with E-state index in [1.807, 2.05) is 0 Å². The first-order valence-electron chi connectivity index (χ1n) is 3.44. The van der Waals surface area contributed by atoms with Crippen molar-refractivity contribution in [2.24, 2.45) is 0 Å². The van der Waals surface area contributed by atoms with E-state index >= 15 is 0 Å². The average molecular weight is 202 g/mol. The minimum Gasteiger partial charge on any atom is -0.480 e. The monoisotopic (exact) mass is 202 g/mol. The Kier molecular flexibility index (Phi) is 2.42. The Hall–Kier alpha value is -1.30. The van der Waals surface area contributed by atoms with Gasteiger partial charge in [0.15, 0.2) is 9.84 Å². The molecule has 0 radical (unpaired) electrons. The van der Waals surface area contributed by atoms with Crippen molar-refractivity contribution in [3.63, 3.8) is 0 Å². The molecule has 0 saturated carbocycles. The van der Waals surface area contributed by atoms with Crippen LogP contribution in [0.5, 0.6) is 5.88 Å². The molecule has 0 aliphatic carbocycles. The van der Waals surface area contributed by atoms with Crippen molar-refractivity contribution in [2.75, 3.05) is 19.1 Å². The van der Waals surface area contributed by atoms with Crippen molar-refractivity contribution in [3.05, 3.63) is 12.3 Å². The van der Waals surface area contributed by atoms with Gasteiger partial charge < -0.3 is 10.5 Å². The molecular formula is C7H10N2O3S. The maximum atomic E-state index is 11.2. The standard InChI is InChI=1S/C7H10N2O3S/c1-12-7-6(13(2,10)11)3-5(8)4-9-7/h3-4H,8H2,1-2H3. The first kappa shape index (κ1) is 9.79. The van der Waals surface area contributed by atoms with Gasteiger partial charge in [-0.3, -0.25) is 0 Å². The molecule has 0 saturated heterocycles. The third-order valence-electron chi connectivity index (χ3n) is 1.43. The van der Waals surface area contributed by atoms with E-state index in [0.29, 0.717) is 5.69 Å². The summed E-state index contributed by atoms with van der Waals surface area (Å²) in [7, 11) is -1.98. The highest BCUT2D eigenvalue weighted by Gasteiger charge is 2.15. The van der Waals surface area contributed by atoms with Gasteiger partial charge in [-0.1, -0.05) is 0 Å². The number of nitrogen functional groups attached to an aromatic ring is 1. The van der Waals surface area contributed by atoms with E-state index in [0.717, 1.165) is 6.26 Å². The van der Waals surface area contributed by atoms with Gasteiger partial charge in [-0.25, -0.2) is 13.4 Å². The first-order valence-corrected chi connectivity index (χ1v) is 5.34. The van der Waals surface area contributed by atoms with Crippen LogP contribution in [0.1, 0.15) is 0 Å². The molecule has 0 aliphatic rings. The molecule has 1 rings (SSSR count). The SMILES string of the molecule is COc1ncc(N)cc1S(C)(=O)=O. The largest absolute Gasteiger partial charge is 0.480 e. The number of anilines is 1. The number of pyridine rings is 1. The van der Waals surface area contributed by atoms with Gasteiger partial charge in [0.1, 0.15) is 4.90 Å². The molecule has 0 aromatic carbocycles.